The molecule has 0 spiro atoms. The van der Waals surface area contributed by atoms with Crippen LogP contribution in [0.4, 0.5) is 0 Å². The van der Waals surface area contributed by atoms with Gasteiger partial charge in [-0.3, -0.25) is 9.48 Å². The zero-order valence-corrected chi connectivity index (χ0v) is 10.0. The van der Waals surface area contributed by atoms with Gasteiger partial charge in [0.25, 0.3) is 0 Å². The van der Waals surface area contributed by atoms with Crippen LogP contribution >= 0.6 is 0 Å². The second kappa shape index (κ2) is 6.22. The molecule has 0 unspecified atom stereocenters. The summed E-state index contributed by atoms with van der Waals surface area (Å²) < 4.78 is 1.65. The smallest absolute Gasteiger partial charge is 0.233 e. The highest BCUT2D eigenvalue weighted by atomic mass is 16.1. The van der Waals surface area contributed by atoms with E-state index in [4.69, 9.17) is 0 Å². The quantitative estimate of drug-likeness (QED) is 0.683. The Bertz CT molecular complexity index is 334. The van der Waals surface area contributed by atoms with Gasteiger partial charge >= 0.3 is 0 Å². The second-order valence-corrected chi connectivity index (χ2v) is 3.97. The maximum Gasteiger partial charge on any atom is 0.233 e. The fourth-order valence-corrected chi connectivity index (χ4v) is 1.17. The summed E-state index contributed by atoms with van der Waals surface area (Å²) in [6, 6.07) is 0.322. The maximum atomic E-state index is 11.3. The Kier molecular flexibility index (Phi) is 4.91. The molecule has 0 aliphatic carbocycles. The zero-order chi connectivity index (χ0) is 12.0. The summed E-state index contributed by atoms with van der Waals surface area (Å²) in [7, 11) is 1.82. The third kappa shape index (κ3) is 4.88. The average Bonchev–Trinajstić information content (AvgIpc) is 2.61. The van der Waals surface area contributed by atoms with E-state index in [1.54, 1.807) is 11.0 Å². The fourth-order valence-electron chi connectivity index (χ4n) is 1.17. The van der Waals surface area contributed by atoms with E-state index in [-0.39, 0.29) is 5.91 Å². The van der Waals surface area contributed by atoms with Gasteiger partial charge in [-0.1, -0.05) is 13.8 Å². The molecule has 0 radical (unpaired) electrons. The standard InChI is InChI=1S/C10H19N5O/c1-8(2)12-6-10(16)11-5-4-9-13-7-15(3)14-9/h7-8,12H,4-6H2,1-3H3,(H,11,16). The van der Waals surface area contributed by atoms with Crippen molar-refractivity contribution in [2.75, 3.05) is 13.1 Å². The maximum absolute atomic E-state index is 11.3. The van der Waals surface area contributed by atoms with Gasteiger partial charge < -0.3 is 10.6 Å². The van der Waals surface area contributed by atoms with Crippen LogP contribution < -0.4 is 10.6 Å². The Labute approximate surface area is 95.4 Å². The van der Waals surface area contributed by atoms with E-state index in [9.17, 15) is 4.79 Å². The van der Waals surface area contributed by atoms with Crippen molar-refractivity contribution in [3.63, 3.8) is 0 Å². The first-order chi connectivity index (χ1) is 7.58. The lowest BCUT2D eigenvalue weighted by Crippen LogP contribution is -2.37. The van der Waals surface area contributed by atoms with Gasteiger partial charge in [-0.25, -0.2) is 4.98 Å². The molecule has 0 saturated carbocycles. The van der Waals surface area contributed by atoms with Crippen LogP contribution in [0.15, 0.2) is 6.33 Å². The van der Waals surface area contributed by atoms with Gasteiger partial charge in [-0.05, 0) is 0 Å². The number of hydrogen-bond acceptors (Lipinski definition) is 4. The van der Waals surface area contributed by atoms with E-state index in [0.717, 1.165) is 5.82 Å². The van der Waals surface area contributed by atoms with Crippen LogP contribution in [0, 0.1) is 0 Å². The highest BCUT2D eigenvalue weighted by Gasteiger charge is 2.03. The number of hydrogen-bond donors (Lipinski definition) is 2. The molecule has 2 N–H and O–H groups in total. The average molecular weight is 225 g/mol. The van der Waals surface area contributed by atoms with Gasteiger partial charge in [0.15, 0.2) is 5.82 Å². The van der Waals surface area contributed by atoms with Crippen LogP contribution in [-0.4, -0.2) is 39.8 Å². The van der Waals surface area contributed by atoms with E-state index in [2.05, 4.69) is 20.7 Å². The SMILES string of the molecule is CC(C)NCC(=O)NCCc1ncn(C)n1. The lowest BCUT2D eigenvalue weighted by molar-refractivity contribution is -0.120. The van der Waals surface area contributed by atoms with Gasteiger partial charge in [0, 0.05) is 26.1 Å². The molecule has 6 heteroatoms. The summed E-state index contributed by atoms with van der Waals surface area (Å²) >= 11 is 0. The van der Waals surface area contributed by atoms with E-state index < -0.39 is 0 Å². The van der Waals surface area contributed by atoms with Crippen molar-refractivity contribution in [3.05, 3.63) is 12.2 Å². The number of carbonyl (C=O) groups is 1. The minimum atomic E-state index is 0.00429. The summed E-state index contributed by atoms with van der Waals surface area (Å²) in [6.07, 6.45) is 2.31. The van der Waals surface area contributed by atoms with Crippen LogP contribution in [0.2, 0.25) is 0 Å². The molecule has 1 rings (SSSR count). The first-order valence-electron chi connectivity index (χ1n) is 5.42. The van der Waals surface area contributed by atoms with Gasteiger partial charge in [-0.2, -0.15) is 5.10 Å². The summed E-state index contributed by atoms with van der Waals surface area (Å²) in [5.74, 6) is 0.754. The van der Waals surface area contributed by atoms with Crippen molar-refractivity contribution < 1.29 is 4.79 Å². The molecule has 1 aromatic heterocycles. The monoisotopic (exact) mass is 225 g/mol. The number of nitrogens with one attached hydrogen (secondary N) is 2. The van der Waals surface area contributed by atoms with Crippen molar-refractivity contribution in [1.82, 2.24) is 25.4 Å². The summed E-state index contributed by atoms with van der Waals surface area (Å²) in [6.45, 7) is 4.94. The van der Waals surface area contributed by atoms with Gasteiger partial charge in [-0.15, -0.1) is 0 Å². The normalized spacial score (nSPS) is 10.8. The Morgan fingerprint density at radius 3 is 2.88 bits per heavy atom. The number of nitrogens with zero attached hydrogens (tertiary/aromatic N) is 3. The minimum Gasteiger partial charge on any atom is -0.355 e. The highest BCUT2D eigenvalue weighted by molar-refractivity contribution is 5.77. The molecule has 0 saturated heterocycles. The predicted octanol–water partition coefficient (Wildman–Crippen LogP) is -0.528. The molecule has 0 aliphatic heterocycles. The largest absolute Gasteiger partial charge is 0.355 e. The predicted molar refractivity (Wildman–Crippen MR) is 60.9 cm³/mol. The molecule has 0 aliphatic rings. The van der Waals surface area contributed by atoms with E-state index >= 15 is 0 Å². The molecular formula is C10H19N5O. The number of aryl methyl sites for hydroxylation is 1. The molecule has 1 aromatic rings. The van der Waals surface area contributed by atoms with Crippen LogP contribution in [0.1, 0.15) is 19.7 Å². The number of amides is 1. The van der Waals surface area contributed by atoms with Gasteiger partial charge in [0.05, 0.1) is 6.54 Å². The van der Waals surface area contributed by atoms with E-state index in [0.29, 0.717) is 25.6 Å². The number of aromatic nitrogens is 3. The minimum absolute atomic E-state index is 0.00429. The Morgan fingerprint density at radius 1 is 1.56 bits per heavy atom. The second-order valence-electron chi connectivity index (χ2n) is 3.97. The Morgan fingerprint density at radius 2 is 2.31 bits per heavy atom. The van der Waals surface area contributed by atoms with Crippen molar-refractivity contribution in [2.24, 2.45) is 7.05 Å². The molecule has 1 amide bonds. The third-order valence-corrected chi connectivity index (χ3v) is 1.99. The summed E-state index contributed by atoms with van der Waals surface area (Å²) in [5.41, 5.74) is 0. The first-order valence-corrected chi connectivity index (χ1v) is 5.42. The van der Waals surface area contributed by atoms with Gasteiger partial charge in [0.1, 0.15) is 6.33 Å². The lowest BCUT2D eigenvalue weighted by atomic mass is 10.3. The molecule has 0 atom stereocenters. The topological polar surface area (TPSA) is 71.8 Å². The summed E-state index contributed by atoms with van der Waals surface area (Å²) in [5, 5.41) is 9.98. The van der Waals surface area contributed by atoms with Crippen LogP contribution in [-0.2, 0) is 18.3 Å². The first kappa shape index (κ1) is 12.6. The van der Waals surface area contributed by atoms with Gasteiger partial charge in [0.2, 0.25) is 5.91 Å². The molecular weight excluding hydrogens is 206 g/mol. The van der Waals surface area contributed by atoms with Crippen LogP contribution in [0.5, 0.6) is 0 Å². The number of carbonyl (C=O) groups excluding carboxylic acids is 1. The zero-order valence-electron chi connectivity index (χ0n) is 10.0. The van der Waals surface area contributed by atoms with Crippen LogP contribution in [0.25, 0.3) is 0 Å². The van der Waals surface area contributed by atoms with Crippen molar-refractivity contribution in [3.8, 4) is 0 Å². The Hall–Kier alpha value is -1.43. The third-order valence-electron chi connectivity index (χ3n) is 1.99. The fraction of sp³-hybridized carbons (Fsp3) is 0.700. The lowest BCUT2D eigenvalue weighted by Gasteiger charge is -2.07. The van der Waals surface area contributed by atoms with E-state index in [1.807, 2.05) is 20.9 Å². The molecule has 0 bridgehead atoms. The molecule has 90 valence electrons. The molecule has 1 heterocycles. The molecule has 0 aromatic carbocycles. The molecule has 0 fully saturated rings. The molecule has 6 nitrogen and oxygen atoms in total. The molecule has 16 heavy (non-hydrogen) atoms. The van der Waals surface area contributed by atoms with Crippen molar-refractivity contribution in [1.29, 1.82) is 0 Å². The Balaban J connectivity index is 2.13. The van der Waals surface area contributed by atoms with Crippen LogP contribution in [0.3, 0.4) is 0 Å². The number of rotatable bonds is 6. The van der Waals surface area contributed by atoms with E-state index in [1.165, 1.54) is 0 Å². The van der Waals surface area contributed by atoms with Crippen molar-refractivity contribution in [2.45, 2.75) is 26.3 Å². The summed E-state index contributed by atoms with van der Waals surface area (Å²) in [4.78, 5) is 15.4. The van der Waals surface area contributed by atoms with Crippen molar-refractivity contribution >= 4 is 5.91 Å². The highest BCUT2D eigenvalue weighted by Crippen LogP contribution is 1.87.